The maximum atomic E-state index is 5.71. The lowest BCUT2D eigenvalue weighted by atomic mass is 10.2. The molecule has 3 nitrogen and oxygen atoms in total. The first kappa shape index (κ1) is 14.8. The topological polar surface area (TPSA) is 38.9 Å². The minimum absolute atomic E-state index is 0.525. The van der Waals surface area contributed by atoms with Crippen LogP contribution in [0.15, 0.2) is 67.1 Å². The van der Waals surface area contributed by atoms with Crippen molar-refractivity contribution in [3.63, 3.8) is 0 Å². The molecule has 0 atom stereocenters. The van der Waals surface area contributed by atoms with Gasteiger partial charge >= 0.3 is 0 Å². The Labute approximate surface area is 143 Å². The van der Waals surface area contributed by atoms with Gasteiger partial charge in [0.2, 0.25) is 5.89 Å². The molecule has 0 radical (unpaired) electrons. The maximum absolute atomic E-state index is 5.71. The highest BCUT2D eigenvalue weighted by Crippen LogP contribution is 2.31. The molecule has 1 heterocycles. The standard InChI is InChI=1S/C15H10Br2N2OS/c16-12-7-3-1-5-10(12)9-21-15-19-18-14(20-15)11-6-2-4-8-13(11)17/h1-8H,9H2. The van der Waals surface area contributed by atoms with E-state index in [4.69, 9.17) is 4.42 Å². The quantitative estimate of drug-likeness (QED) is 0.513. The summed E-state index contributed by atoms with van der Waals surface area (Å²) in [6, 6.07) is 15.9. The van der Waals surface area contributed by atoms with E-state index in [1.807, 2.05) is 42.5 Å². The van der Waals surface area contributed by atoms with Gasteiger partial charge in [0.05, 0.1) is 5.56 Å². The van der Waals surface area contributed by atoms with Gasteiger partial charge in [0.25, 0.3) is 5.22 Å². The first-order valence-electron chi connectivity index (χ1n) is 6.18. The molecule has 0 aliphatic heterocycles. The van der Waals surface area contributed by atoms with Gasteiger partial charge in [-0.1, -0.05) is 58.0 Å². The molecule has 2 aromatic carbocycles. The van der Waals surface area contributed by atoms with Crippen molar-refractivity contribution in [1.82, 2.24) is 10.2 Å². The minimum Gasteiger partial charge on any atom is -0.411 e. The normalized spacial score (nSPS) is 10.8. The second kappa shape index (κ2) is 6.77. The van der Waals surface area contributed by atoms with Gasteiger partial charge < -0.3 is 4.42 Å². The zero-order valence-corrected chi connectivity index (χ0v) is 14.8. The number of halogens is 2. The van der Waals surface area contributed by atoms with E-state index in [-0.39, 0.29) is 0 Å². The zero-order valence-electron chi connectivity index (χ0n) is 10.8. The van der Waals surface area contributed by atoms with Gasteiger partial charge in [0.15, 0.2) is 0 Å². The van der Waals surface area contributed by atoms with Crippen molar-refractivity contribution in [1.29, 1.82) is 0 Å². The van der Waals surface area contributed by atoms with Gasteiger partial charge in [-0.25, -0.2) is 0 Å². The van der Waals surface area contributed by atoms with Crippen LogP contribution in [-0.2, 0) is 5.75 Å². The molecule has 0 saturated carbocycles. The molecule has 0 bridgehead atoms. The highest BCUT2D eigenvalue weighted by molar-refractivity contribution is 9.10. The van der Waals surface area contributed by atoms with Gasteiger partial charge in [-0.15, -0.1) is 10.2 Å². The minimum atomic E-state index is 0.525. The van der Waals surface area contributed by atoms with Crippen LogP contribution in [0.1, 0.15) is 5.56 Å². The predicted molar refractivity (Wildman–Crippen MR) is 91.1 cm³/mol. The average Bonchev–Trinajstić information content (AvgIpc) is 2.96. The molecule has 0 aliphatic rings. The maximum Gasteiger partial charge on any atom is 0.277 e. The summed E-state index contributed by atoms with van der Waals surface area (Å²) < 4.78 is 7.73. The summed E-state index contributed by atoms with van der Waals surface area (Å²) in [5.74, 6) is 1.30. The second-order valence-electron chi connectivity index (χ2n) is 4.23. The van der Waals surface area contributed by atoms with Crippen molar-refractivity contribution in [2.45, 2.75) is 11.0 Å². The molecule has 0 amide bonds. The van der Waals surface area contributed by atoms with Crippen LogP contribution in [0.5, 0.6) is 0 Å². The van der Waals surface area contributed by atoms with E-state index in [9.17, 15) is 0 Å². The fraction of sp³-hybridized carbons (Fsp3) is 0.0667. The Morgan fingerprint density at radius 3 is 2.38 bits per heavy atom. The largest absolute Gasteiger partial charge is 0.411 e. The van der Waals surface area contributed by atoms with Gasteiger partial charge in [-0.2, -0.15) is 0 Å². The van der Waals surface area contributed by atoms with Crippen LogP contribution in [-0.4, -0.2) is 10.2 Å². The summed E-state index contributed by atoms with van der Waals surface area (Å²) in [6.45, 7) is 0. The highest BCUT2D eigenvalue weighted by atomic mass is 79.9. The van der Waals surface area contributed by atoms with Crippen LogP contribution in [0, 0.1) is 0 Å². The number of benzene rings is 2. The molecule has 3 rings (SSSR count). The second-order valence-corrected chi connectivity index (χ2v) is 6.87. The Balaban J connectivity index is 1.74. The Morgan fingerprint density at radius 2 is 1.62 bits per heavy atom. The highest BCUT2D eigenvalue weighted by Gasteiger charge is 2.12. The van der Waals surface area contributed by atoms with E-state index in [0.717, 1.165) is 20.3 Å². The zero-order chi connectivity index (χ0) is 14.7. The molecule has 0 spiro atoms. The van der Waals surface area contributed by atoms with Crippen LogP contribution in [0.2, 0.25) is 0 Å². The first-order chi connectivity index (χ1) is 10.2. The van der Waals surface area contributed by atoms with E-state index in [1.165, 1.54) is 17.3 Å². The van der Waals surface area contributed by atoms with Crippen molar-refractivity contribution in [2.24, 2.45) is 0 Å². The summed E-state index contributed by atoms with van der Waals surface area (Å²) >= 11 is 8.55. The Morgan fingerprint density at radius 1 is 0.905 bits per heavy atom. The Bertz CT molecular complexity index is 761. The smallest absolute Gasteiger partial charge is 0.277 e. The van der Waals surface area contributed by atoms with Crippen molar-refractivity contribution < 1.29 is 4.42 Å². The van der Waals surface area contributed by atoms with Crippen LogP contribution < -0.4 is 0 Å². The Hall–Kier alpha value is -1.11. The number of rotatable bonds is 4. The monoisotopic (exact) mass is 424 g/mol. The lowest BCUT2D eigenvalue weighted by molar-refractivity contribution is 0.465. The SMILES string of the molecule is Brc1ccccc1CSc1nnc(-c2ccccc2Br)o1. The molecule has 21 heavy (non-hydrogen) atoms. The van der Waals surface area contributed by atoms with Crippen molar-refractivity contribution in [3.8, 4) is 11.5 Å². The van der Waals surface area contributed by atoms with Gasteiger partial charge in [0, 0.05) is 14.7 Å². The van der Waals surface area contributed by atoms with Crippen LogP contribution >= 0.6 is 43.6 Å². The summed E-state index contributed by atoms with van der Waals surface area (Å²) in [7, 11) is 0. The van der Waals surface area contributed by atoms with Crippen molar-refractivity contribution in [3.05, 3.63) is 63.0 Å². The molecule has 1 aromatic heterocycles. The third-order valence-corrected chi connectivity index (χ3v) is 5.15. The van der Waals surface area contributed by atoms with E-state index in [0.29, 0.717) is 11.1 Å². The molecule has 106 valence electrons. The summed E-state index contributed by atoms with van der Waals surface area (Å²) in [5.41, 5.74) is 2.10. The summed E-state index contributed by atoms with van der Waals surface area (Å²) in [6.07, 6.45) is 0. The predicted octanol–water partition coefficient (Wildman–Crippen LogP) is 5.55. The molecule has 0 fully saturated rings. The molecular weight excluding hydrogens is 416 g/mol. The van der Waals surface area contributed by atoms with Crippen LogP contribution in [0.3, 0.4) is 0 Å². The fourth-order valence-corrected chi connectivity index (χ4v) is 3.60. The van der Waals surface area contributed by atoms with Gasteiger partial charge in [-0.05, 0) is 39.7 Å². The molecule has 0 unspecified atom stereocenters. The van der Waals surface area contributed by atoms with Gasteiger partial charge in [-0.3, -0.25) is 0 Å². The summed E-state index contributed by atoms with van der Waals surface area (Å²) in [5, 5.41) is 8.76. The van der Waals surface area contributed by atoms with Crippen molar-refractivity contribution >= 4 is 43.6 Å². The number of aromatic nitrogens is 2. The lowest BCUT2D eigenvalue weighted by Crippen LogP contribution is -1.82. The lowest BCUT2D eigenvalue weighted by Gasteiger charge is -2.01. The van der Waals surface area contributed by atoms with E-state index < -0.39 is 0 Å². The fourth-order valence-electron chi connectivity index (χ4n) is 1.77. The van der Waals surface area contributed by atoms with E-state index in [2.05, 4.69) is 48.1 Å². The third-order valence-electron chi connectivity index (χ3n) is 2.82. The Kier molecular flexibility index (Phi) is 4.77. The number of nitrogens with zero attached hydrogens (tertiary/aromatic N) is 2. The number of hydrogen-bond acceptors (Lipinski definition) is 4. The molecular formula is C15H10Br2N2OS. The molecule has 0 aliphatic carbocycles. The van der Waals surface area contributed by atoms with Crippen LogP contribution in [0.25, 0.3) is 11.5 Å². The molecule has 6 heteroatoms. The first-order valence-corrected chi connectivity index (χ1v) is 8.76. The van der Waals surface area contributed by atoms with Crippen molar-refractivity contribution in [2.75, 3.05) is 0 Å². The number of hydrogen-bond donors (Lipinski definition) is 0. The van der Waals surface area contributed by atoms with E-state index >= 15 is 0 Å². The third kappa shape index (κ3) is 3.56. The number of thioether (sulfide) groups is 1. The van der Waals surface area contributed by atoms with E-state index in [1.54, 1.807) is 0 Å². The molecule has 0 N–H and O–H groups in total. The molecule has 0 saturated heterocycles. The average molecular weight is 426 g/mol. The summed E-state index contributed by atoms with van der Waals surface area (Å²) in [4.78, 5) is 0. The van der Waals surface area contributed by atoms with Gasteiger partial charge in [0.1, 0.15) is 0 Å². The van der Waals surface area contributed by atoms with Crippen LogP contribution in [0.4, 0.5) is 0 Å². The molecule has 3 aromatic rings.